The van der Waals surface area contributed by atoms with E-state index in [1.54, 1.807) is 0 Å². The van der Waals surface area contributed by atoms with Gasteiger partial charge in [-0.05, 0) is 71.6 Å². The molecule has 0 saturated heterocycles. The molecule has 5 aromatic carbocycles. The molecule has 0 radical (unpaired) electrons. The van der Waals surface area contributed by atoms with Gasteiger partial charge in [-0.2, -0.15) is 0 Å². The van der Waals surface area contributed by atoms with Crippen molar-refractivity contribution >= 4 is 60.9 Å². The fourth-order valence-corrected chi connectivity index (χ4v) is 9.03. The number of nitrogens with zero attached hydrogens (tertiary/aromatic N) is 4. The Bertz CT molecular complexity index is 2720. The number of ether oxygens (including phenoxy) is 1. The van der Waals surface area contributed by atoms with E-state index in [1.807, 2.05) is 36.4 Å². The van der Waals surface area contributed by atoms with Crippen molar-refractivity contribution in [1.29, 1.82) is 0 Å². The Hall–Kier alpha value is -5.59. The number of pyridine rings is 2. The van der Waals surface area contributed by atoms with Gasteiger partial charge in [0.1, 0.15) is 23.0 Å². The number of aromatic nitrogens is 4. The second-order valence-corrected chi connectivity index (χ2v) is 13.8. The molecule has 10 rings (SSSR count). The van der Waals surface area contributed by atoms with E-state index in [1.165, 1.54) is 42.6 Å². The summed E-state index contributed by atoms with van der Waals surface area (Å²) in [5, 5.41) is 5.78. The van der Waals surface area contributed by atoms with E-state index in [9.17, 15) is 0 Å². The summed E-state index contributed by atoms with van der Waals surface area (Å²) in [6, 6.07) is 40.7. The van der Waals surface area contributed by atoms with Gasteiger partial charge in [-0.25, -0.2) is 9.97 Å². The van der Waals surface area contributed by atoms with Crippen molar-refractivity contribution < 1.29 is 4.74 Å². The summed E-state index contributed by atoms with van der Waals surface area (Å²) >= 11 is 1.86. The van der Waals surface area contributed by atoms with Gasteiger partial charge >= 0.3 is 0 Å². The molecule has 0 aliphatic carbocycles. The normalized spacial score (nSPS) is 13.8. The first-order chi connectivity index (χ1) is 23.1. The van der Waals surface area contributed by atoms with Gasteiger partial charge in [0.25, 0.3) is 0 Å². The van der Waals surface area contributed by atoms with Gasteiger partial charge < -0.3 is 4.74 Å². The van der Waals surface area contributed by atoms with Crippen LogP contribution in [0, 0.1) is 0 Å². The highest BCUT2D eigenvalue weighted by Crippen LogP contribution is 2.53. The molecule has 0 unspecified atom stereocenters. The number of fused-ring (bicyclic) bond motifs is 12. The van der Waals surface area contributed by atoms with Crippen LogP contribution in [0.15, 0.2) is 144 Å². The van der Waals surface area contributed by atoms with Crippen LogP contribution in [-0.2, 0) is 5.41 Å². The topological polar surface area (TPSA) is 44.4 Å². The minimum Gasteiger partial charge on any atom is -0.457 e. The van der Waals surface area contributed by atoms with Crippen LogP contribution in [0.1, 0.15) is 25.0 Å². The first-order valence-corrected chi connectivity index (χ1v) is 16.6. The number of imidazole rings is 1. The van der Waals surface area contributed by atoms with Gasteiger partial charge in [0.2, 0.25) is 0 Å². The maximum atomic E-state index is 6.64. The monoisotopic (exact) mass is 624 g/mol. The zero-order chi connectivity index (χ0) is 31.3. The summed E-state index contributed by atoms with van der Waals surface area (Å²) in [6.45, 7) is 4.69. The zero-order valence-corrected chi connectivity index (χ0v) is 26.6. The fraction of sp³-hybridized carbons (Fsp3) is 0.0732. The summed E-state index contributed by atoms with van der Waals surface area (Å²) < 4.78 is 11.1. The highest BCUT2D eigenvalue weighted by Gasteiger charge is 2.36. The van der Waals surface area contributed by atoms with E-state index < -0.39 is 0 Å². The van der Waals surface area contributed by atoms with Crippen molar-refractivity contribution in [2.45, 2.75) is 29.1 Å². The molecule has 4 aromatic heterocycles. The molecule has 0 fully saturated rings. The lowest BCUT2D eigenvalue weighted by Crippen LogP contribution is -2.24. The molecule has 0 atom stereocenters. The van der Waals surface area contributed by atoms with Gasteiger partial charge in [0.05, 0.1) is 16.6 Å². The predicted molar refractivity (Wildman–Crippen MR) is 192 cm³/mol. The van der Waals surface area contributed by atoms with Crippen molar-refractivity contribution in [3.05, 3.63) is 145 Å². The van der Waals surface area contributed by atoms with Crippen LogP contribution in [0.2, 0.25) is 0 Å². The molecular weight excluding hydrogens is 597 g/mol. The minimum absolute atomic E-state index is 0.204. The number of rotatable bonds is 3. The highest BCUT2D eigenvalue weighted by atomic mass is 32.2. The first-order valence-electron chi connectivity index (χ1n) is 15.8. The predicted octanol–water partition coefficient (Wildman–Crippen LogP) is 10.7. The summed E-state index contributed by atoms with van der Waals surface area (Å²) in [5.41, 5.74) is 6.79. The SMILES string of the molecule is CC1(C)c2ccccc2Sc2ccc3c4ccc(Oc5ccc6c7ccccc7n7ccnc7c6c5)cc4n(-c4ccccn4)c3c21. The molecule has 0 saturated carbocycles. The average Bonchev–Trinajstić information content (AvgIpc) is 3.72. The highest BCUT2D eigenvalue weighted by molar-refractivity contribution is 7.99. The molecule has 0 N–H and O–H groups in total. The van der Waals surface area contributed by atoms with E-state index in [-0.39, 0.29) is 5.41 Å². The van der Waals surface area contributed by atoms with E-state index in [4.69, 9.17) is 14.7 Å². The van der Waals surface area contributed by atoms with Crippen LogP contribution < -0.4 is 4.74 Å². The molecule has 5 nitrogen and oxygen atoms in total. The standard InChI is InChI=1S/C41H28N4OS/c1-41(2)32-10-4-6-12-35(32)47-36-19-18-30-29-17-15-26(24-34(29)45(39(30)38(36)41)37-13-7-8-20-42-37)46-25-14-16-27-28-9-3-5-11-33(28)44-22-21-43-40(44)31(27)23-25/h3-24H,1-2H3. The second kappa shape index (κ2) is 9.71. The van der Waals surface area contributed by atoms with Crippen molar-refractivity contribution in [3.8, 4) is 17.3 Å². The Balaban J connectivity index is 1.18. The third kappa shape index (κ3) is 3.79. The summed E-state index contributed by atoms with van der Waals surface area (Å²) in [4.78, 5) is 12.2. The summed E-state index contributed by atoms with van der Waals surface area (Å²) in [6.07, 6.45) is 5.75. The van der Waals surface area contributed by atoms with Crippen molar-refractivity contribution in [3.63, 3.8) is 0 Å². The molecule has 0 spiro atoms. The molecule has 47 heavy (non-hydrogen) atoms. The Morgan fingerprint density at radius 3 is 2.28 bits per heavy atom. The average molecular weight is 625 g/mol. The molecule has 1 aliphatic heterocycles. The molecule has 224 valence electrons. The zero-order valence-electron chi connectivity index (χ0n) is 25.8. The third-order valence-corrected chi connectivity index (χ3v) is 10.8. The molecule has 0 bridgehead atoms. The maximum Gasteiger partial charge on any atom is 0.145 e. The molecular formula is C41H28N4OS. The summed E-state index contributed by atoms with van der Waals surface area (Å²) in [7, 11) is 0. The van der Waals surface area contributed by atoms with Crippen LogP contribution in [0.25, 0.3) is 54.9 Å². The number of hydrogen-bond donors (Lipinski definition) is 0. The van der Waals surface area contributed by atoms with Crippen LogP contribution in [-0.4, -0.2) is 18.9 Å². The smallest absolute Gasteiger partial charge is 0.145 e. The Labute approximate surface area is 275 Å². The van der Waals surface area contributed by atoms with Crippen LogP contribution >= 0.6 is 11.8 Å². The van der Waals surface area contributed by atoms with Gasteiger partial charge in [-0.15, -0.1) is 0 Å². The lowest BCUT2D eigenvalue weighted by molar-refractivity contribution is 0.484. The molecule has 1 aliphatic rings. The quantitative estimate of drug-likeness (QED) is 0.184. The fourth-order valence-electron chi connectivity index (χ4n) is 7.62. The Kier molecular flexibility index (Phi) is 5.50. The number of benzene rings is 5. The van der Waals surface area contributed by atoms with Crippen LogP contribution in [0.3, 0.4) is 0 Å². The van der Waals surface area contributed by atoms with E-state index in [2.05, 4.69) is 132 Å². The molecule has 5 heterocycles. The van der Waals surface area contributed by atoms with E-state index in [0.29, 0.717) is 0 Å². The maximum absolute atomic E-state index is 6.64. The van der Waals surface area contributed by atoms with Gasteiger partial charge in [-0.1, -0.05) is 74.1 Å². The third-order valence-electron chi connectivity index (χ3n) is 9.71. The van der Waals surface area contributed by atoms with Crippen LogP contribution in [0.4, 0.5) is 0 Å². The molecule has 6 heteroatoms. The molecule has 0 amide bonds. The number of hydrogen-bond acceptors (Lipinski definition) is 4. The van der Waals surface area contributed by atoms with Crippen molar-refractivity contribution in [1.82, 2.24) is 18.9 Å². The van der Waals surface area contributed by atoms with Gasteiger partial charge in [0.15, 0.2) is 0 Å². The Morgan fingerprint density at radius 2 is 1.38 bits per heavy atom. The minimum atomic E-state index is -0.204. The van der Waals surface area contributed by atoms with E-state index in [0.717, 1.165) is 44.8 Å². The first kappa shape index (κ1) is 26.6. The van der Waals surface area contributed by atoms with E-state index >= 15 is 0 Å². The second-order valence-electron chi connectivity index (χ2n) is 12.7. The van der Waals surface area contributed by atoms with Crippen LogP contribution in [0.5, 0.6) is 11.5 Å². The van der Waals surface area contributed by atoms with Crippen molar-refractivity contribution in [2.24, 2.45) is 0 Å². The lowest BCUT2D eigenvalue weighted by atomic mass is 9.76. The Morgan fingerprint density at radius 1 is 0.617 bits per heavy atom. The lowest BCUT2D eigenvalue weighted by Gasteiger charge is -2.35. The van der Waals surface area contributed by atoms with Gasteiger partial charge in [-0.3, -0.25) is 8.97 Å². The largest absolute Gasteiger partial charge is 0.457 e. The number of para-hydroxylation sites is 1. The van der Waals surface area contributed by atoms with Gasteiger partial charge in [0, 0.05) is 67.0 Å². The summed E-state index contributed by atoms with van der Waals surface area (Å²) in [5.74, 6) is 2.42. The molecule has 9 aromatic rings. The van der Waals surface area contributed by atoms with Crippen molar-refractivity contribution in [2.75, 3.05) is 0 Å².